The summed E-state index contributed by atoms with van der Waals surface area (Å²) >= 11 is 0. The van der Waals surface area contributed by atoms with Crippen molar-refractivity contribution in [2.45, 2.75) is 24.4 Å². The predicted molar refractivity (Wildman–Crippen MR) is 66.2 cm³/mol. The molecule has 19 heavy (non-hydrogen) atoms. The largest absolute Gasteiger partial charge is 0.394 e. The zero-order valence-electron chi connectivity index (χ0n) is 10.0. The molecule has 0 spiro atoms. The number of rotatable bonds is 5. The van der Waals surface area contributed by atoms with Gasteiger partial charge in [0, 0.05) is 0 Å². The summed E-state index contributed by atoms with van der Waals surface area (Å²) in [6.45, 7) is -0.717. The monoisotopic (exact) mass is 268 g/mol. The molecule has 0 fully saturated rings. The summed E-state index contributed by atoms with van der Waals surface area (Å²) in [7, 11) is 0. The van der Waals surface area contributed by atoms with Crippen molar-refractivity contribution in [1.82, 2.24) is 9.97 Å². The lowest BCUT2D eigenvalue weighted by atomic mass is 10.0. The second kappa shape index (κ2) is 5.64. The van der Waals surface area contributed by atoms with Gasteiger partial charge in [0.1, 0.15) is 30.2 Å². The van der Waals surface area contributed by atoms with E-state index < -0.39 is 31.0 Å². The van der Waals surface area contributed by atoms with Gasteiger partial charge in [-0.05, 0) is 12.1 Å². The minimum atomic E-state index is -1.67. The van der Waals surface area contributed by atoms with Gasteiger partial charge in [-0.1, -0.05) is 12.1 Å². The van der Waals surface area contributed by atoms with Crippen molar-refractivity contribution in [3.05, 3.63) is 30.1 Å². The molecule has 0 aliphatic heterocycles. The van der Waals surface area contributed by atoms with Gasteiger partial charge < -0.3 is 30.5 Å². The summed E-state index contributed by atoms with van der Waals surface area (Å²) < 4.78 is 0. The molecule has 0 radical (unpaired) electrons. The number of hydrogen-bond donors (Lipinski definition) is 6. The summed E-state index contributed by atoms with van der Waals surface area (Å²) in [6, 6.07) is 7.05. The number of aliphatic hydroxyl groups is 5. The van der Waals surface area contributed by atoms with E-state index >= 15 is 0 Å². The number of imidazole rings is 1. The van der Waals surface area contributed by atoms with Crippen LogP contribution in [0.15, 0.2) is 24.3 Å². The Bertz CT molecular complexity index is 511. The molecule has 0 saturated heterocycles. The van der Waals surface area contributed by atoms with Crippen LogP contribution in [-0.4, -0.2) is 60.4 Å². The van der Waals surface area contributed by atoms with E-state index in [1.807, 2.05) is 0 Å². The maximum absolute atomic E-state index is 9.91. The van der Waals surface area contributed by atoms with Crippen molar-refractivity contribution in [1.29, 1.82) is 0 Å². The van der Waals surface area contributed by atoms with Crippen LogP contribution >= 0.6 is 0 Å². The molecule has 4 atom stereocenters. The third-order valence-corrected chi connectivity index (χ3v) is 2.94. The van der Waals surface area contributed by atoms with Crippen LogP contribution in [0.2, 0.25) is 0 Å². The van der Waals surface area contributed by atoms with Gasteiger partial charge in [-0.15, -0.1) is 0 Å². The summed E-state index contributed by atoms with van der Waals surface area (Å²) in [6.07, 6.45) is -6.37. The highest BCUT2D eigenvalue weighted by Crippen LogP contribution is 2.21. The van der Waals surface area contributed by atoms with Crippen LogP contribution in [0.25, 0.3) is 11.0 Å². The Hall–Kier alpha value is -1.51. The molecule has 0 unspecified atom stereocenters. The molecule has 7 nitrogen and oxygen atoms in total. The number of aliphatic hydroxyl groups excluding tert-OH is 5. The summed E-state index contributed by atoms with van der Waals surface area (Å²) in [5.41, 5.74) is 1.29. The number of benzene rings is 1. The van der Waals surface area contributed by atoms with E-state index in [1.54, 1.807) is 24.3 Å². The molecular weight excluding hydrogens is 252 g/mol. The first-order valence-corrected chi connectivity index (χ1v) is 5.82. The minimum Gasteiger partial charge on any atom is -0.394 e. The van der Waals surface area contributed by atoms with Crippen LogP contribution in [-0.2, 0) is 0 Å². The first-order valence-electron chi connectivity index (χ1n) is 5.82. The molecule has 7 heteroatoms. The number of para-hydroxylation sites is 2. The van der Waals surface area contributed by atoms with Gasteiger partial charge in [0.05, 0.1) is 17.6 Å². The average Bonchev–Trinajstić information content (AvgIpc) is 2.87. The molecule has 1 heterocycles. The van der Waals surface area contributed by atoms with Crippen LogP contribution < -0.4 is 0 Å². The van der Waals surface area contributed by atoms with E-state index in [4.69, 9.17) is 5.11 Å². The van der Waals surface area contributed by atoms with Gasteiger partial charge in [0.25, 0.3) is 0 Å². The molecule has 0 saturated carbocycles. The van der Waals surface area contributed by atoms with Gasteiger partial charge >= 0.3 is 0 Å². The first-order chi connectivity index (χ1) is 9.04. The molecule has 2 aromatic rings. The Labute approximate surface area is 108 Å². The van der Waals surface area contributed by atoms with Crippen LogP contribution in [0.4, 0.5) is 0 Å². The van der Waals surface area contributed by atoms with E-state index in [9.17, 15) is 20.4 Å². The number of hydrogen-bond acceptors (Lipinski definition) is 6. The van der Waals surface area contributed by atoms with E-state index in [1.165, 1.54) is 0 Å². The van der Waals surface area contributed by atoms with Gasteiger partial charge in [0.15, 0.2) is 0 Å². The lowest BCUT2D eigenvalue weighted by molar-refractivity contribution is -0.117. The smallest absolute Gasteiger partial charge is 0.140 e. The van der Waals surface area contributed by atoms with Crippen molar-refractivity contribution in [2.24, 2.45) is 0 Å². The topological polar surface area (TPSA) is 130 Å². The third kappa shape index (κ3) is 2.75. The zero-order valence-corrected chi connectivity index (χ0v) is 10.0. The quantitative estimate of drug-likeness (QED) is 0.398. The number of H-pyrrole nitrogens is 1. The molecule has 104 valence electrons. The van der Waals surface area contributed by atoms with Crippen molar-refractivity contribution < 1.29 is 25.5 Å². The summed E-state index contributed by atoms with van der Waals surface area (Å²) in [5.74, 6) is 0.0814. The molecule has 1 aromatic carbocycles. The van der Waals surface area contributed by atoms with Crippen LogP contribution in [0.1, 0.15) is 11.9 Å². The Morgan fingerprint density at radius 3 is 2.37 bits per heavy atom. The van der Waals surface area contributed by atoms with Crippen LogP contribution in [0, 0.1) is 0 Å². The first kappa shape index (κ1) is 13.9. The fourth-order valence-corrected chi connectivity index (χ4v) is 1.80. The maximum Gasteiger partial charge on any atom is 0.140 e. The Kier molecular flexibility index (Phi) is 4.13. The maximum atomic E-state index is 9.91. The molecule has 2 rings (SSSR count). The fourth-order valence-electron chi connectivity index (χ4n) is 1.80. The van der Waals surface area contributed by atoms with Crippen molar-refractivity contribution in [3.8, 4) is 0 Å². The van der Waals surface area contributed by atoms with Gasteiger partial charge in [0.2, 0.25) is 0 Å². The Morgan fingerprint density at radius 1 is 1.05 bits per heavy atom. The van der Waals surface area contributed by atoms with Crippen molar-refractivity contribution in [3.63, 3.8) is 0 Å². The second-order valence-corrected chi connectivity index (χ2v) is 4.32. The highest BCUT2D eigenvalue weighted by atomic mass is 16.4. The zero-order chi connectivity index (χ0) is 14.0. The van der Waals surface area contributed by atoms with Crippen molar-refractivity contribution in [2.75, 3.05) is 6.61 Å². The fraction of sp³-hybridized carbons (Fsp3) is 0.417. The number of aromatic amines is 1. The molecule has 6 N–H and O–H groups in total. The standard InChI is InChI=1S/C12H16N2O5/c15-5-8(16)9(17)10(18)11(19)12-13-6-3-1-2-4-7(6)14-12/h1-4,8-11,15-19H,5H2,(H,13,14)/t8-,9-,10-,11-/m1/s1. The summed E-state index contributed by atoms with van der Waals surface area (Å²) in [4.78, 5) is 6.89. The van der Waals surface area contributed by atoms with E-state index in [-0.39, 0.29) is 5.82 Å². The molecule has 0 bridgehead atoms. The molecule has 0 aliphatic rings. The number of nitrogens with one attached hydrogen (secondary N) is 1. The van der Waals surface area contributed by atoms with Gasteiger partial charge in [-0.25, -0.2) is 4.98 Å². The number of aromatic nitrogens is 2. The average molecular weight is 268 g/mol. The van der Waals surface area contributed by atoms with Crippen molar-refractivity contribution >= 4 is 11.0 Å². The Balaban J connectivity index is 2.20. The third-order valence-electron chi connectivity index (χ3n) is 2.94. The van der Waals surface area contributed by atoms with Crippen LogP contribution in [0.5, 0.6) is 0 Å². The van der Waals surface area contributed by atoms with E-state index in [2.05, 4.69) is 9.97 Å². The number of nitrogens with zero attached hydrogens (tertiary/aromatic N) is 1. The lowest BCUT2D eigenvalue weighted by Gasteiger charge is -2.24. The molecule has 0 amide bonds. The molecular formula is C12H16N2O5. The molecule has 1 aromatic heterocycles. The predicted octanol–water partition coefficient (Wildman–Crippen LogP) is -1.33. The second-order valence-electron chi connectivity index (χ2n) is 4.32. The van der Waals surface area contributed by atoms with Gasteiger partial charge in [-0.2, -0.15) is 0 Å². The number of fused-ring (bicyclic) bond motifs is 1. The normalized spacial score (nSPS) is 18.2. The Morgan fingerprint density at radius 2 is 1.74 bits per heavy atom. The highest BCUT2D eigenvalue weighted by Gasteiger charge is 2.32. The molecule has 0 aliphatic carbocycles. The lowest BCUT2D eigenvalue weighted by Crippen LogP contribution is -2.42. The summed E-state index contributed by atoms with van der Waals surface area (Å²) in [5, 5.41) is 47.1. The highest BCUT2D eigenvalue weighted by molar-refractivity contribution is 5.74. The van der Waals surface area contributed by atoms with Gasteiger partial charge in [-0.3, -0.25) is 0 Å². The van der Waals surface area contributed by atoms with E-state index in [0.29, 0.717) is 11.0 Å². The van der Waals surface area contributed by atoms with E-state index in [0.717, 1.165) is 0 Å². The van der Waals surface area contributed by atoms with Crippen LogP contribution in [0.3, 0.4) is 0 Å². The SMILES string of the molecule is OC[C@@H](O)[C@@H](O)[C@@H](O)[C@@H](O)c1nc2ccccc2[nH]1. The minimum absolute atomic E-state index is 0.0814.